The molecule has 1 aromatic carbocycles. The second-order valence-corrected chi connectivity index (χ2v) is 6.35. The minimum atomic E-state index is -0.436. The van der Waals surface area contributed by atoms with Gasteiger partial charge in [0.15, 0.2) is 0 Å². The van der Waals surface area contributed by atoms with E-state index in [9.17, 15) is 5.11 Å². The van der Waals surface area contributed by atoms with E-state index < -0.39 is 6.10 Å². The van der Waals surface area contributed by atoms with E-state index in [0.29, 0.717) is 19.6 Å². The van der Waals surface area contributed by atoms with E-state index in [-0.39, 0.29) is 6.61 Å². The van der Waals surface area contributed by atoms with Crippen LogP contribution in [0, 0.1) is 6.92 Å². The Morgan fingerprint density at radius 2 is 2.09 bits per heavy atom. The molecule has 0 bridgehead atoms. The molecule has 2 aromatic rings. The molecule has 0 saturated heterocycles. The second-order valence-electron chi connectivity index (χ2n) is 6.35. The quantitative estimate of drug-likeness (QED) is 0.713. The summed E-state index contributed by atoms with van der Waals surface area (Å²) in [6.07, 6.45) is 4.33. The van der Waals surface area contributed by atoms with Gasteiger partial charge in [-0.1, -0.05) is 11.6 Å². The van der Waals surface area contributed by atoms with Gasteiger partial charge in [0.2, 0.25) is 0 Å². The van der Waals surface area contributed by atoms with Crippen LogP contribution in [0.2, 0.25) is 0 Å². The molecule has 0 saturated carbocycles. The van der Waals surface area contributed by atoms with Crippen LogP contribution in [0.4, 0.5) is 0 Å². The van der Waals surface area contributed by atoms with Crippen LogP contribution in [0.3, 0.4) is 0 Å². The lowest BCUT2D eigenvalue weighted by molar-refractivity contribution is 0.149. The summed E-state index contributed by atoms with van der Waals surface area (Å²) in [6.45, 7) is 3.91. The van der Waals surface area contributed by atoms with Gasteiger partial charge in [0.1, 0.15) is 0 Å². The van der Waals surface area contributed by atoms with Crippen molar-refractivity contribution in [2.45, 2.75) is 45.3 Å². The van der Waals surface area contributed by atoms with Gasteiger partial charge in [-0.2, -0.15) is 0 Å². The summed E-state index contributed by atoms with van der Waals surface area (Å²) in [5.74, 6) is 0. The zero-order valence-electron chi connectivity index (χ0n) is 13.3. The largest absolute Gasteiger partial charge is 0.395 e. The Hall–Kier alpha value is -1.36. The predicted octanol–water partition coefficient (Wildman–Crippen LogP) is 1.77. The fraction of sp³-hybridized carbons (Fsp3) is 0.556. The lowest BCUT2D eigenvalue weighted by Crippen LogP contribution is -2.32. The highest BCUT2D eigenvalue weighted by molar-refractivity contribution is 5.86. The van der Waals surface area contributed by atoms with Crippen LogP contribution in [0.25, 0.3) is 10.9 Å². The number of aliphatic hydroxyl groups is 2. The predicted molar refractivity (Wildman–Crippen MR) is 89.3 cm³/mol. The second kappa shape index (κ2) is 6.82. The van der Waals surface area contributed by atoms with Crippen molar-refractivity contribution in [2.24, 2.45) is 0 Å². The maximum absolute atomic E-state index is 10.3. The molecule has 0 fully saturated rings. The lowest BCUT2D eigenvalue weighted by atomic mass is 9.95. The number of rotatable bonds is 6. The molecule has 1 aromatic heterocycles. The smallest absolute Gasteiger partial charge is 0.0843 e. The first kappa shape index (κ1) is 15.5. The van der Waals surface area contributed by atoms with E-state index in [1.165, 1.54) is 40.6 Å². The van der Waals surface area contributed by atoms with Gasteiger partial charge in [0.05, 0.1) is 19.3 Å². The highest BCUT2D eigenvalue weighted by Crippen LogP contribution is 2.32. The Labute approximate surface area is 131 Å². The number of aromatic nitrogens is 1. The topological polar surface area (TPSA) is 57.4 Å². The molecule has 120 valence electrons. The van der Waals surface area contributed by atoms with Crippen molar-refractivity contribution in [3.8, 4) is 0 Å². The van der Waals surface area contributed by atoms with Gasteiger partial charge in [0.25, 0.3) is 0 Å². The van der Waals surface area contributed by atoms with Gasteiger partial charge in [-0.25, -0.2) is 0 Å². The Morgan fingerprint density at radius 3 is 2.91 bits per heavy atom. The first-order valence-corrected chi connectivity index (χ1v) is 8.31. The normalized spacial score (nSPS) is 16.0. The maximum atomic E-state index is 10.3. The Balaban J connectivity index is 1.91. The van der Waals surface area contributed by atoms with Gasteiger partial charge in [-0.15, -0.1) is 0 Å². The summed E-state index contributed by atoms with van der Waals surface area (Å²) in [7, 11) is 0. The van der Waals surface area contributed by atoms with Gasteiger partial charge < -0.3 is 20.1 Å². The van der Waals surface area contributed by atoms with Gasteiger partial charge in [-0.05, 0) is 50.3 Å². The van der Waals surface area contributed by atoms with Crippen molar-refractivity contribution < 1.29 is 10.2 Å². The number of fused-ring (bicyclic) bond motifs is 3. The minimum absolute atomic E-state index is 0.105. The average molecular weight is 302 g/mol. The average Bonchev–Trinajstić information content (AvgIpc) is 2.82. The molecule has 1 heterocycles. The summed E-state index contributed by atoms with van der Waals surface area (Å²) in [4.78, 5) is 0. The van der Waals surface area contributed by atoms with Crippen LogP contribution in [0.5, 0.6) is 0 Å². The van der Waals surface area contributed by atoms with Gasteiger partial charge in [0, 0.05) is 29.7 Å². The molecule has 1 aliphatic rings. The third-order valence-electron chi connectivity index (χ3n) is 4.59. The monoisotopic (exact) mass is 302 g/mol. The number of hydrogen-bond donors (Lipinski definition) is 3. The van der Waals surface area contributed by atoms with Crippen molar-refractivity contribution in [3.63, 3.8) is 0 Å². The highest BCUT2D eigenvalue weighted by atomic mass is 16.3. The van der Waals surface area contributed by atoms with Crippen molar-refractivity contribution in [3.05, 3.63) is 35.0 Å². The summed E-state index contributed by atoms with van der Waals surface area (Å²) >= 11 is 0. The molecule has 0 radical (unpaired) electrons. The summed E-state index contributed by atoms with van der Waals surface area (Å²) in [5, 5.41) is 23.5. The Bertz CT molecular complexity index is 648. The number of nitrogens with one attached hydrogen (secondary N) is 1. The van der Waals surface area contributed by atoms with Crippen LogP contribution in [-0.2, 0) is 19.4 Å². The summed E-state index contributed by atoms with van der Waals surface area (Å²) < 4.78 is 2.31. The molecular weight excluding hydrogens is 276 g/mol. The fourth-order valence-electron chi connectivity index (χ4n) is 3.58. The molecular formula is C18H26N2O2. The molecule has 3 N–H and O–H groups in total. The number of aliphatic hydroxyl groups excluding tert-OH is 2. The first-order valence-electron chi connectivity index (χ1n) is 8.31. The van der Waals surface area contributed by atoms with Crippen molar-refractivity contribution in [1.29, 1.82) is 0 Å². The number of aryl methyl sites for hydroxylation is 2. The van der Waals surface area contributed by atoms with Crippen LogP contribution in [-0.4, -0.2) is 40.6 Å². The molecule has 0 aliphatic heterocycles. The molecule has 1 atom stereocenters. The lowest BCUT2D eigenvalue weighted by Gasteiger charge is -2.19. The highest BCUT2D eigenvalue weighted by Gasteiger charge is 2.21. The van der Waals surface area contributed by atoms with E-state index in [4.69, 9.17) is 5.11 Å². The van der Waals surface area contributed by atoms with E-state index in [1.54, 1.807) is 0 Å². The van der Waals surface area contributed by atoms with E-state index >= 15 is 0 Å². The molecule has 1 aliphatic carbocycles. The van der Waals surface area contributed by atoms with Gasteiger partial charge >= 0.3 is 0 Å². The molecule has 0 unspecified atom stereocenters. The molecule has 4 nitrogen and oxygen atoms in total. The van der Waals surface area contributed by atoms with Crippen LogP contribution in [0.15, 0.2) is 18.2 Å². The van der Waals surface area contributed by atoms with Crippen LogP contribution >= 0.6 is 0 Å². The van der Waals surface area contributed by atoms with Gasteiger partial charge in [-0.3, -0.25) is 0 Å². The summed E-state index contributed by atoms with van der Waals surface area (Å²) in [5.41, 5.74) is 5.44. The fourth-order valence-corrected chi connectivity index (χ4v) is 3.58. The number of benzene rings is 1. The molecule has 3 rings (SSSR count). The molecule has 0 amide bonds. The van der Waals surface area contributed by atoms with E-state index in [2.05, 4.69) is 35.0 Å². The first-order chi connectivity index (χ1) is 10.7. The van der Waals surface area contributed by atoms with Crippen molar-refractivity contribution in [2.75, 3.05) is 19.7 Å². The summed E-state index contributed by atoms with van der Waals surface area (Å²) in [6, 6.07) is 6.63. The van der Waals surface area contributed by atoms with E-state index in [0.717, 1.165) is 12.8 Å². The third kappa shape index (κ3) is 3.05. The Kier molecular flexibility index (Phi) is 4.81. The zero-order valence-corrected chi connectivity index (χ0v) is 13.3. The molecule has 0 spiro atoms. The molecule has 4 heteroatoms. The third-order valence-corrected chi connectivity index (χ3v) is 4.59. The standard InChI is InChI=1S/C18H26N2O2/c1-13-6-7-18-16(10-13)15-4-2-3-5-17(15)20(18)12-14(22)11-19-8-9-21/h6-7,10,14,19,21-22H,2-5,8-9,11-12H2,1H3/t14-/m1/s1. The maximum Gasteiger partial charge on any atom is 0.0843 e. The van der Waals surface area contributed by atoms with Crippen molar-refractivity contribution >= 4 is 10.9 Å². The minimum Gasteiger partial charge on any atom is -0.395 e. The van der Waals surface area contributed by atoms with Crippen molar-refractivity contribution in [1.82, 2.24) is 9.88 Å². The number of nitrogens with zero attached hydrogens (tertiary/aromatic N) is 1. The Morgan fingerprint density at radius 1 is 1.27 bits per heavy atom. The van der Waals surface area contributed by atoms with Crippen LogP contribution < -0.4 is 5.32 Å². The number of hydrogen-bond acceptors (Lipinski definition) is 3. The SMILES string of the molecule is Cc1ccc2c(c1)c1c(n2C[C@H](O)CNCCO)CCCC1. The zero-order chi connectivity index (χ0) is 15.5. The van der Waals surface area contributed by atoms with E-state index in [1.807, 2.05) is 0 Å². The molecule has 22 heavy (non-hydrogen) atoms. The van der Waals surface area contributed by atoms with Crippen LogP contribution in [0.1, 0.15) is 29.7 Å².